The van der Waals surface area contributed by atoms with Gasteiger partial charge in [0.1, 0.15) is 0 Å². The monoisotopic (exact) mass is 266 g/mol. The highest BCUT2D eigenvalue weighted by Crippen LogP contribution is 2.33. The maximum absolute atomic E-state index is 2.45. The zero-order chi connectivity index (χ0) is 13.9. The molecule has 0 heterocycles. The second kappa shape index (κ2) is 10.7. The van der Waals surface area contributed by atoms with E-state index in [1.54, 1.807) is 0 Å². The largest absolute Gasteiger partial charge is 0.0654 e. The second-order valence-electron chi connectivity index (χ2n) is 7.30. The highest BCUT2D eigenvalue weighted by Gasteiger charge is 2.20. The van der Waals surface area contributed by atoms with Crippen LogP contribution in [-0.4, -0.2) is 0 Å². The summed E-state index contributed by atoms with van der Waals surface area (Å²) in [6.07, 6.45) is 19.3. The highest BCUT2D eigenvalue weighted by atomic mass is 14.3. The van der Waals surface area contributed by atoms with Crippen LogP contribution in [0.5, 0.6) is 0 Å². The Morgan fingerprint density at radius 3 is 2.11 bits per heavy atom. The first-order valence-electron chi connectivity index (χ1n) is 9.24. The molecule has 0 nitrogen and oxygen atoms in total. The van der Waals surface area contributed by atoms with Gasteiger partial charge in [-0.2, -0.15) is 0 Å². The van der Waals surface area contributed by atoms with Crippen LogP contribution >= 0.6 is 0 Å². The van der Waals surface area contributed by atoms with Gasteiger partial charge in [-0.15, -0.1) is 0 Å². The van der Waals surface area contributed by atoms with Crippen molar-refractivity contribution in [2.24, 2.45) is 17.8 Å². The smallest absolute Gasteiger partial charge is 0.0388 e. The van der Waals surface area contributed by atoms with Crippen molar-refractivity contribution in [3.8, 4) is 0 Å². The minimum absolute atomic E-state index is 0.901. The average Bonchev–Trinajstić information content (AvgIpc) is 2.42. The Hall–Kier alpha value is 0. The molecule has 0 radical (unpaired) electrons. The van der Waals surface area contributed by atoms with Crippen molar-refractivity contribution in [2.75, 3.05) is 0 Å². The van der Waals surface area contributed by atoms with Gasteiger partial charge in [0.2, 0.25) is 0 Å². The van der Waals surface area contributed by atoms with Gasteiger partial charge in [-0.3, -0.25) is 0 Å². The third-order valence-electron chi connectivity index (χ3n) is 5.23. The minimum Gasteiger partial charge on any atom is -0.0654 e. The number of hydrogen-bond donors (Lipinski definition) is 0. The summed E-state index contributed by atoms with van der Waals surface area (Å²) in [5.41, 5.74) is 0. The van der Waals surface area contributed by atoms with Crippen molar-refractivity contribution in [1.82, 2.24) is 0 Å². The van der Waals surface area contributed by atoms with Crippen molar-refractivity contribution in [2.45, 2.75) is 104 Å². The van der Waals surface area contributed by atoms with Crippen molar-refractivity contribution in [1.29, 1.82) is 0 Å². The van der Waals surface area contributed by atoms with Gasteiger partial charge in [0, 0.05) is 0 Å². The summed E-state index contributed by atoms with van der Waals surface area (Å²) in [4.78, 5) is 0. The molecule has 1 aliphatic carbocycles. The van der Waals surface area contributed by atoms with Crippen LogP contribution in [0.1, 0.15) is 104 Å². The summed E-state index contributed by atoms with van der Waals surface area (Å²) in [6.45, 7) is 7.20. The lowest BCUT2D eigenvalue weighted by Crippen LogP contribution is -2.16. The summed E-state index contributed by atoms with van der Waals surface area (Å²) in [6, 6.07) is 0. The van der Waals surface area contributed by atoms with Crippen LogP contribution in [0.3, 0.4) is 0 Å². The molecule has 19 heavy (non-hydrogen) atoms. The van der Waals surface area contributed by atoms with Gasteiger partial charge in [0.25, 0.3) is 0 Å². The Balaban J connectivity index is 2.13. The van der Waals surface area contributed by atoms with Gasteiger partial charge in [0.05, 0.1) is 0 Å². The standard InChI is InChI=1S/C19H38/c1-4-5-6-7-8-12-15-19(17(2)3)16-18-13-10-9-11-14-18/h17-19H,4-16H2,1-3H3. The third-order valence-corrected chi connectivity index (χ3v) is 5.23. The van der Waals surface area contributed by atoms with Crippen LogP contribution < -0.4 is 0 Å². The molecule has 0 saturated heterocycles. The van der Waals surface area contributed by atoms with Crippen LogP contribution in [0, 0.1) is 17.8 Å². The van der Waals surface area contributed by atoms with E-state index in [0.717, 1.165) is 17.8 Å². The van der Waals surface area contributed by atoms with Crippen molar-refractivity contribution in [3.63, 3.8) is 0 Å². The molecule has 1 saturated carbocycles. The van der Waals surface area contributed by atoms with E-state index in [4.69, 9.17) is 0 Å². The molecule has 0 aromatic rings. The van der Waals surface area contributed by atoms with E-state index in [9.17, 15) is 0 Å². The van der Waals surface area contributed by atoms with Crippen molar-refractivity contribution in [3.05, 3.63) is 0 Å². The fourth-order valence-corrected chi connectivity index (χ4v) is 3.76. The van der Waals surface area contributed by atoms with Crippen LogP contribution in [0.15, 0.2) is 0 Å². The molecule has 1 fully saturated rings. The van der Waals surface area contributed by atoms with Gasteiger partial charge in [-0.05, 0) is 24.2 Å². The first-order valence-corrected chi connectivity index (χ1v) is 9.24. The number of unbranched alkanes of at least 4 members (excludes halogenated alkanes) is 5. The summed E-state index contributed by atoms with van der Waals surface area (Å²) in [5, 5.41) is 0. The predicted molar refractivity (Wildman–Crippen MR) is 87.5 cm³/mol. The highest BCUT2D eigenvalue weighted by molar-refractivity contribution is 4.72. The third kappa shape index (κ3) is 8.00. The molecule has 1 rings (SSSR count). The van der Waals surface area contributed by atoms with Crippen LogP contribution in [0.25, 0.3) is 0 Å². The zero-order valence-corrected chi connectivity index (χ0v) is 13.9. The Kier molecular flexibility index (Phi) is 9.65. The molecule has 1 unspecified atom stereocenters. The summed E-state index contributed by atoms with van der Waals surface area (Å²) >= 11 is 0. The Bertz CT molecular complexity index is 188. The molecular weight excluding hydrogens is 228 g/mol. The van der Waals surface area contributed by atoms with Crippen molar-refractivity contribution < 1.29 is 0 Å². The predicted octanol–water partition coefficient (Wildman–Crippen LogP) is 6.98. The number of rotatable bonds is 10. The quantitative estimate of drug-likeness (QED) is 0.374. The fraction of sp³-hybridized carbons (Fsp3) is 1.00. The number of hydrogen-bond acceptors (Lipinski definition) is 0. The van der Waals surface area contributed by atoms with Gasteiger partial charge < -0.3 is 0 Å². The zero-order valence-electron chi connectivity index (χ0n) is 13.9. The Morgan fingerprint density at radius 2 is 1.47 bits per heavy atom. The molecule has 0 aromatic heterocycles. The first-order chi connectivity index (χ1) is 9.24. The summed E-state index contributed by atoms with van der Waals surface area (Å²) in [7, 11) is 0. The summed E-state index contributed by atoms with van der Waals surface area (Å²) in [5.74, 6) is 2.98. The maximum atomic E-state index is 2.45. The van der Waals surface area contributed by atoms with Gasteiger partial charge in [-0.25, -0.2) is 0 Å². The maximum Gasteiger partial charge on any atom is -0.0388 e. The SMILES string of the molecule is CCCCCCCCC(CC1CCCCC1)C(C)C. The molecule has 1 atom stereocenters. The van der Waals surface area contributed by atoms with E-state index in [2.05, 4.69) is 20.8 Å². The molecule has 0 bridgehead atoms. The van der Waals surface area contributed by atoms with Crippen LogP contribution in [0.2, 0.25) is 0 Å². The molecular formula is C19H38. The van der Waals surface area contributed by atoms with Gasteiger partial charge >= 0.3 is 0 Å². The molecule has 0 amide bonds. The molecule has 0 heteroatoms. The van der Waals surface area contributed by atoms with Crippen LogP contribution in [-0.2, 0) is 0 Å². The minimum atomic E-state index is 0.901. The fourth-order valence-electron chi connectivity index (χ4n) is 3.76. The molecule has 0 N–H and O–H groups in total. The molecule has 114 valence electrons. The Labute approximate surface area is 122 Å². The first kappa shape index (κ1) is 17.1. The van der Waals surface area contributed by atoms with E-state index in [1.165, 1.54) is 83.5 Å². The lowest BCUT2D eigenvalue weighted by atomic mass is 9.77. The Morgan fingerprint density at radius 1 is 0.842 bits per heavy atom. The average molecular weight is 267 g/mol. The van der Waals surface area contributed by atoms with E-state index in [1.807, 2.05) is 0 Å². The van der Waals surface area contributed by atoms with Gasteiger partial charge in [-0.1, -0.05) is 97.8 Å². The summed E-state index contributed by atoms with van der Waals surface area (Å²) < 4.78 is 0. The van der Waals surface area contributed by atoms with E-state index in [0.29, 0.717) is 0 Å². The molecule has 1 aliphatic rings. The lowest BCUT2D eigenvalue weighted by Gasteiger charge is -2.29. The van der Waals surface area contributed by atoms with E-state index in [-0.39, 0.29) is 0 Å². The lowest BCUT2D eigenvalue weighted by molar-refractivity contribution is 0.232. The van der Waals surface area contributed by atoms with E-state index >= 15 is 0 Å². The van der Waals surface area contributed by atoms with Crippen LogP contribution in [0.4, 0.5) is 0 Å². The van der Waals surface area contributed by atoms with Crippen molar-refractivity contribution >= 4 is 0 Å². The molecule has 0 aliphatic heterocycles. The van der Waals surface area contributed by atoms with Gasteiger partial charge in [0.15, 0.2) is 0 Å². The normalized spacial score (nSPS) is 18.9. The molecule has 0 spiro atoms. The van der Waals surface area contributed by atoms with E-state index < -0.39 is 0 Å². The second-order valence-corrected chi connectivity index (χ2v) is 7.30. The molecule has 0 aromatic carbocycles. The topological polar surface area (TPSA) is 0 Å².